The molecule has 0 unspecified atom stereocenters. The number of esters is 1. The Morgan fingerprint density at radius 1 is 1.32 bits per heavy atom. The van der Waals surface area contributed by atoms with Crippen molar-refractivity contribution >= 4 is 18.2 Å². The van der Waals surface area contributed by atoms with Crippen LogP contribution < -0.4 is 4.74 Å². The molecule has 7 nitrogen and oxygen atoms in total. The SMILES string of the molecule is CCOC(=O)C[C@@H](c1ccc(OC)c(F)c1)N1CCn2cc(C=O)cc2C1=O. The van der Waals surface area contributed by atoms with Gasteiger partial charge in [0.15, 0.2) is 17.9 Å². The van der Waals surface area contributed by atoms with Crippen LogP contribution in [0, 0.1) is 5.82 Å². The fourth-order valence-electron chi connectivity index (χ4n) is 3.40. The molecule has 0 bridgehead atoms. The first-order chi connectivity index (χ1) is 13.5. The third kappa shape index (κ3) is 3.76. The van der Waals surface area contributed by atoms with Gasteiger partial charge < -0.3 is 18.9 Å². The van der Waals surface area contributed by atoms with Crippen molar-refractivity contribution in [1.29, 1.82) is 0 Å². The van der Waals surface area contributed by atoms with Crippen LogP contribution in [0.3, 0.4) is 0 Å². The minimum absolute atomic E-state index is 0.0770. The lowest BCUT2D eigenvalue weighted by Crippen LogP contribution is -2.43. The van der Waals surface area contributed by atoms with Gasteiger partial charge in [0.1, 0.15) is 5.69 Å². The lowest BCUT2D eigenvalue weighted by atomic mass is 10.00. The van der Waals surface area contributed by atoms with E-state index in [-0.39, 0.29) is 24.7 Å². The average molecular weight is 388 g/mol. The van der Waals surface area contributed by atoms with E-state index in [2.05, 4.69) is 0 Å². The van der Waals surface area contributed by atoms with Crippen molar-refractivity contribution in [2.24, 2.45) is 0 Å². The standard InChI is InChI=1S/C20H21FN2O5/c1-3-28-19(25)10-16(14-4-5-18(27-2)15(21)9-14)23-7-6-22-11-13(12-24)8-17(22)20(23)26/h4-5,8-9,11-12,16H,3,6-7,10H2,1-2H3/t16-/m0/s1. The van der Waals surface area contributed by atoms with E-state index in [0.717, 1.165) is 0 Å². The van der Waals surface area contributed by atoms with Crippen LogP contribution in [0.5, 0.6) is 5.75 Å². The van der Waals surface area contributed by atoms with E-state index in [0.29, 0.717) is 36.2 Å². The molecule has 2 heterocycles. The Bertz CT molecular complexity index is 908. The van der Waals surface area contributed by atoms with Gasteiger partial charge in [0.05, 0.1) is 26.2 Å². The van der Waals surface area contributed by atoms with Gasteiger partial charge in [-0.15, -0.1) is 0 Å². The topological polar surface area (TPSA) is 77.8 Å². The lowest BCUT2D eigenvalue weighted by Gasteiger charge is -2.35. The summed E-state index contributed by atoms with van der Waals surface area (Å²) in [4.78, 5) is 37.7. The zero-order chi connectivity index (χ0) is 20.3. The molecule has 2 aromatic rings. The molecule has 0 saturated carbocycles. The number of rotatable bonds is 7. The fraction of sp³-hybridized carbons (Fsp3) is 0.350. The highest BCUT2D eigenvalue weighted by Gasteiger charge is 2.33. The fourth-order valence-corrected chi connectivity index (χ4v) is 3.40. The zero-order valence-corrected chi connectivity index (χ0v) is 15.7. The highest BCUT2D eigenvalue weighted by molar-refractivity contribution is 5.96. The molecule has 8 heteroatoms. The van der Waals surface area contributed by atoms with Crippen molar-refractivity contribution < 1.29 is 28.2 Å². The number of hydrogen-bond donors (Lipinski definition) is 0. The second kappa shape index (κ2) is 8.24. The molecule has 0 radical (unpaired) electrons. The summed E-state index contributed by atoms with van der Waals surface area (Å²) in [5.74, 6) is -1.31. The van der Waals surface area contributed by atoms with E-state index < -0.39 is 17.8 Å². The third-order valence-electron chi connectivity index (χ3n) is 4.72. The molecule has 0 fully saturated rings. The van der Waals surface area contributed by atoms with E-state index in [9.17, 15) is 18.8 Å². The van der Waals surface area contributed by atoms with Gasteiger partial charge in [-0.25, -0.2) is 4.39 Å². The number of benzene rings is 1. The van der Waals surface area contributed by atoms with Crippen molar-refractivity contribution in [1.82, 2.24) is 9.47 Å². The van der Waals surface area contributed by atoms with Crippen LogP contribution in [-0.4, -0.2) is 47.9 Å². The van der Waals surface area contributed by atoms with Gasteiger partial charge in [0.25, 0.3) is 5.91 Å². The molecule has 0 saturated heterocycles. The molecule has 1 atom stereocenters. The van der Waals surface area contributed by atoms with Crippen molar-refractivity contribution in [3.05, 3.63) is 53.1 Å². The summed E-state index contributed by atoms with van der Waals surface area (Å²) >= 11 is 0. The quantitative estimate of drug-likeness (QED) is 0.538. The molecule has 1 amide bonds. The van der Waals surface area contributed by atoms with Gasteiger partial charge in [-0.1, -0.05) is 6.07 Å². The summed E-state index contributed by atoms with van der Waals surface area (Å²) in [6.07, 6.45) is 2.19. The molecule has 1 aromatic carbocycles. The predicted octanol–water partition coefficient (Wildman–Crippen LogP) is 2.60. The summed E-state index contributed by atoms with van der Waals surface area (Å²) in [6.45, 7) is 2.69. The van der Waals surface area contributed by atoms with Crippen LogP contribution in [0.25, 0.3) is 0 Å². The maximum absolute atomic E-state index is 14.3. The number of aromatic nitrogens is 1. The molecule has 1 aliphatic rings. The van der Waals surface area contributed by atoms with Crippen LogP contribution >= 0.6 is 0 Å². The maximum atomic E-state index is 14.3. The number of aldehydes is 1. The average Bonchev–Trinajstić information content (AvgIpc) is 3.11. The Kier molecular flexibility index (Phi) is 5.77. The number of fused-ring (bicyclic) bond motifs is 1. The van der Waals surface area contributed by atoms with Gasteiger partial charge in [-0.2, -0.15) is 0 Å². The summed E-state index contributed by atoms with van der Waals surface area (Å²) in [5.41, 5.74) is 1.23. The number of hydrogen-bond acceptors (Lipinski definition) is 5. The molecule has 1 aliphatic heterocycles. The molecule has 1 aromatic heterocycles. The highest BCUT2D eigenvalue weighted by Crippen LogP contribution is 2.31. The third-order valence-corrected chi connectivity index (χ3v) is 4.72. The van der Waals surface area contributed by atoms with Crippen LogP contribution in [0.2, 0.25) is 0 Å². The first-order valence-corrected chi connectivity index (χ1v) is 8.93. The largest absolute Gasteiger partial charge is 0.494 e. The minimum Gasteiger partial charge on any atom is -0.494 e. The Labute approximate surface area is 161 Å². The van der Waals surface area contributed by atoms with Gasteiger partial charge in [0.2, 0.25) is 0 Å². The monoisotopic (exact) mass is 388 g/mol. The molecule has 0 N–H and O–H groups in total. The Hall–Kier alpha value is -3.16. The van der Waals surface area contributed by atoms with E-state index >= 15 is 0 Å². The minimum atomic E-state index is -0.699. The number of nitrogens with zero attached hydrogens (tertiary/aromatic N) is 2. The van der Waals surface area contributed by atoms with Gasteiger partial charge >= 0.3 is 5.97 Å². The number of methoxy groups -OCH3 is 1. The Balaban J connectivity index is 1.96. The van der Waals surface area contributed by atoms with E-state index in [1.165, 1.54) is 30.2 Å². The number of carbonyl (C=O) groups is 3. The number of amides is 1. The lowest BCUT2D eigenvalue weighted by molar-refractivity contribution is -0.144. The molecule has 148 valence electrons. The van der Waals surface area contributed by atoms with Crippen LogP contribution in [-0.2, 0) is 16.1 Å². The zero-order valence-electron chi connectivity index (χ0n) is 15.7. The summed E-state index contributed by atoms with van der Waals surface area (Å²) in [5, 5.41) is 0. The Morgan fingerprint density at radius 2 is 2.11 bits per heavy atom. The highest BCUT2D eigenvalue weighted by atomic mass is 19.1. The van der Waals surface area contributed by atoms with Crippen LogP contribution in [0.4, 0.5) is 4.39 Å². The predicted molar refractivity (Wildman–Crippen MR) is 97.8 cm³/mol. The molecule has 3 rings (SSSR count). The molecule has 0 spiro atoms. The summed E-state index contributed by atoms with van der Waals surface area (Å²) in [7, 11) is 1.36. The molecule has 28 heavy (non-hydrogen) atoms. The van der Waals surface area contributed by atoms with Gasteiger partial charge in [-0.3, -0.25) is 14.4 Å². The number of ether oxygens (including phenoxy) is 2. The molecular formula is C20H21FN2O5. The normalized spacial score (nSPS) is 14.4. The maximum Gasteiger partial charge on any atom is 0.308 e. The second-order valence-electron chi connectivity index (χ2n) is 6.39. The van der Waals surface area contributed by atoms with Crippen molar-refractivity contribution in [2.75, 3.05) is 20.3 Å². The van der Waals surface area contributed by atoms with Crippen molar-refractivity contribution in [3.8, 4) is 5.75 Å². The van der Waals surface area contributed by atoms with Gasteiger partial charge in [0, 0.05) is 24.8 Å². The van der Waals surface area contributed by atoms with Crippen LogP contribution in [0.15, 0.2) is 30.5 Å². The first-order valence-electron chi connectivity index (χ1n) is 8.93. The van der Waals surface area contributed by atoms with E-state index in [1.807, 2.05) is 0 Å². The first kappa shape index (κ1) is 19.6. The van der Waals surface area contributed by atoms with Gasteiger partial charge in [-0.05, 0) is 30.7 Å². The van der Waals surface area contributed by atoms with E-state index in [4.69, 9.17) is 9.47 Å². The Morgan fingerprint density at radius 3 is 2.75 bits per heavy atom. The van der Waals surface area contributed by atoms with E-state index in [1.54, 1.807) is 23.8 Å². The smallest absolute Gasteiger partial charge is 0.308 e. The molecular weight excluding hydrogens is 367 g/mol. The molecule has 0 aliphatic carbocycles. The second-order valence-corrected chi connectivity index (χ2v) is 6.39. The summed E-state index contributed by atoms with van der Waals surface area (Å²) < 4.78 is 26.0. The number of halogens is 1. The number of carbonyl (C=O) groups excluding carboxylic acids is 3. The van der Waals surface area contributed by atoms with Crippen LogP contribution in [0.1, 0.15) is 45.8 Å². The van der Waals surface area contributed by atoms with Crippen molar-refractivity contribution in [3.63, 3.8) is 0 Å². The summed E-state index contributed by atoms with van der Waals surface area (Å²) in [6, 6.07) is 5.17. The van der Waals surface area contributed by atoms with Crippen molar-refractivity contribution in [2.45, 2.75) is 25.9 Å².